The molecule has 2 heterocycles. The number of aromatic nitrogens is 2. The maximum absolute atomic E-state index is 12.2. The van der Waals surface area contributed by atoms with E-state index in [9.17, 15) is 14.9 Å². The van der Waals surface area contributed by atoms with Crippen LogP contribution in [0.1, 0.15) is 30.1 Å². The number of amides is 1. The Bertz CT molecular complexity index is 845. The van der Waals surface area contributed by atoms with Crippen LogP contribution in [0.2, 0.25) is 0 Å². The third-order valence-electron chi connectivity index (χ3n) is 4.34. The van der Waals surface area contributed by atoms with Crippen LogP contribution in [-0.4, -0.2) is 33.9 Å². The van der Waals surface area contributed by atoms with Crippen molar-refractivity contribution in [2.45, 2.75) is 19.8 Å². The summed E-state index contributed by atoms with van der Waals surface area (Å²) in [6.45, 7) is 3.51. The molecule has 10 heteroatoms. The third kappa shape index (κ3) is 4.51. The van der Waals surface area contributed by atoms with E-state index in [0.29, 0.717) is 24.6 Å². The van der Waals surface area contributed by atoms with Crippen molar-refractivity contribution in [2.24, 2.45) is 5.92 Å². The number of piperidine rings is 1. The van der Waals surface area contributed by atoms with E-state index < -0.39 is 10.8 Å². The third-order valence-corrected chi connectivity index (χ3v) is 4.87. The zero-order valence-electron chi connectivity index (χ0n) is 14.7. The van der Waals surface area contributed by atoms with Crippen LogP contribution in [-0.2, 0) is 0 Å². The number of nitrogens with one attached hydrogen (secondary N) is 2. The van der Waals surface area contributed by atoms with Crippen LogP contribution in [0.3, 0.4) is 0 Å². The van der Waals surface area contributed by atoms with E-state index in [1.165, 1.54) is 6.33 Å². The molecule has 1 saturated heterocycles. The minimum Gasteiger partial charge on any atom is -0.350 e. The number of carbonyl (C=O) groups excluding carboxylic acids is 1. The Labute approximate surface area is 164 Å². The fourth-order valence-corrected chi connectivity index (χ4v) is 3.30. The number of nitrogens with zero attached hydrogens (tertiary/aromatic N) is 4. The van der Waals surface area contributed by atoms with Gasteiger partial charge in [-0.15, -0.1) is 0 Å². The van der Waals surface area contributed by atoms with Gasteiger partial charge in [-0.2, -0.15) is 0 Å². The highest BCUT2D eigenvalue weighted by atomic mass is 79.9. The number of hydrogen-bond acceptors (Lipinski definition) is 7. The highest BCUT2D eigenvalue weighted by Gasteiger charge is 2.29. The summed E-state index contributed by atoms with van der Waals surface area (Å²) in [6.07, 6.45) is 3.30. The van der Waals surface area contributed by atoms with Crippen molar-refractivity contribution in [3.05, 3.63) is 50.7 Å². The number of hydrogen-bond donors (Lipinski definition) is 2. The van der Waals surface area contributed by atoms with E-state index in [4.69, 9.17) is 0 Å². The predicted molar refractivity (Wildman–Crippen MR) is 105 cm³/mol. The van der Waals surface area contributed by atoms with Gasteiger partial charge in [0.2, 0.25) is 11.6 Å². The van der Waals surface area contributed by atoms with Crippen molar-refractivity contribution in [1.29, 1.82) is 0 Å². The molecule has 1 aromatic carbocycles. The molecule has 9 nitrogen and oxygen atoms in total. The fourth-order valence-electron chi connectivity index (χ4n) is 3.03. The van der Waals surface area contributed by atoms with Gasteiger partial charge in [-0.1, -0.05) is 22.9 Å². The van der Waals surface area contributed by atoms with E-state index in [1.807, 2.05) is 4.90 Å². The van der Waals surface area contributed by atoms with Crippen molar-refractivity contribution < 1.29 is 9.72 Å². The molecule has 27 heavy (non-hydrogen) atoms. The van der Waals surface area contributed by atoms with Gasteiger partial charge in [0.05, 0.1) is 4.92 Å². The second-order valence-electron chi connectivity index (χ2n) is 6.43. The molecular weight excluding hydrogens is 416 g/mol. The van der Waals surface area contributed by atoms with Crippen molar-refractivity contribution in [1.82, 2.24) is 15.4 Å². The van der Waals surface area contributed by atoms with Gasteiger partial charge in [-0.3, -0.25) is 25.8 Å². The molecule has 0 radical (unpaired) electrons. The van der Waals surface area contributed by atoms with E-state index in [-0.39, 0.29) is 17.3 Å². The lowest BCUT2D eigenvalue weighted by Crippen LogP contribution is -2.36. The Kier molecular flexibility index (Phi) is 5.84. The van der Waals surface area contributed by atoms with Crippen LogP contribution in [0.25, 0.3) is 0 Å². The van der Waals surface area contributed by atoms with Gasteiger partial charge in [0.1, 0.15) is 6.33 Å². The SMILES string of the molecule is CC1CCCN(c2ncnc(NNC(=O)c3ccc(Br)cc3)c2[N+](=O)[O-])C1. The van der Waals surface area contributed by atoms with E-state index >= 15 is 0 Å². The molecule has 0 saturated carbocycles. The Morgan fingerprint density at radius 3 is 2.74 bits per heavy atom. The molecular formula is C17H19BrN6O3. The summed E-state index contributed by atoms with van der Waals surface area (Å²) in [4.78, 5) is 33.3. The number of benzene rings is 1. The largest absolute Gasteiger partial charge is 0.355 e. The molecule has 142 valence electrons. The summed E-state index contributed by atoms with van der Waals surface area (Å²) in [5, 5.41) is 11.7. The Hall–Kier alpha value is -2.75. The molecule has 1 atom stereocenters. The first-order valence-electron chi connectivity index (χ1n) is 8.52. The van der Waals surface area contributed by atoms with E-state index in [2.05, 4.69) is 43.7 Å². The Balaban J connectivity index is 1.80. The summed E-state index contributed by atoms with van der Waals surface area (Å²) in [7, 11) is 0. The molecule has 1 unspecified atom stereocenters. The summed E-state index contributed by atoms with van der Waals surface area (Å²) >= 11 is 3.30. The number of halogens is 1. The first-order chi connectivity index (χ1) is 13.0. The Morgan fingerprint density at radius 1 is 1.33 bits per heavy atom. The molecule has 1 aliphatic rings. The second-order valence-corrected chi connectivity index (χ2v) is 7.35. The van der Waals surface area contributed by atoms with Crippen LogP contribution in [0.5, 0.6) is 0 Å². The molecule has 2 N–H and O–H groups in total. The average Bonchev–Trinajstić information content (AvgIpc) is 2.66. The summed E-state index contributed by atoms with van der Waals surface area (Å²) in [5.41, 5.74) is 5.18. The molecule has 0 bridgehead atoms. The normalized spacial score (nSPS) is 16.7. The maximum atomic E-state index is 12.2. The van der Waals surface area contributed by atoms with Crippen LogP contribution < -0.4 is 15.8 Å². The van der Waals surface area contributed by atoms with Gasteiger partial charge in [-0.25, -0.2) is 9.97 Å². The van der Waals surface area contributed by atoms with Gasteiger partial charge >= 0.3 is 5.69 Å². The first-order valence-corrected chi connectivity index (χ1v) is 9.31. The van der Waals surface area contributed by atoms with Crippen molar-refractivity contribution in [3.8, 4) is 0 Å². The highest BCUT2D eigenvalue weighted by molar-refractivity contribution is 9.10. The summed E-state index contributed by atoms with van der Waals surface area (Å²) in [6, 6.07) is 6.74. The average molecular weight is 435 g/mol. The van der Waals surface area contributed by atoms with E-state index in [1.54, 1.807) is 24.3 Å². The number of hydrazine groups is 1. The monoisotopic (exact) mass is 434 g/mol. The van der Waals surface area contributed by atoms with Crippen molar-refractivity contribution in [3.63, 3.8) is 0 Å². The molecule has 0 aliphatic carbocycles. The lowest BCUT2D eigenvalue weighted by Gasteiger charge is -2.31. The number of nitro groups is 1. The van der Waals surface area contributed by atoms with Gasteiger partial charge in [-0.05, 0) is 43.0 Å². The lowest BCUT2D eigenvalue weighted by atomic mass is 10.0. The lowest BCUT2D eigenvalue weighted by molar-refractivity contribution is -0.383. The standard InChI is InChI=1S/C17H19BrN6O3/c1-11-3-2-8-23(9-11)16-14(24(26)27)15(19-10-20-16)21-22-17(25)12-4-6-13(18)7-5-12/h4-7,10-11H,2-3,8-9H2,1H3,(H,22,25)(H,19,20,21). The number of anilines is 2. The molecule has 1 fully saturated rings. The smallest absolute Gasteiger partial charge is 0.350 e. The molecule has 1 amide bonds. The van der Waals surface area contributed by atoms with Gasteiger partial charge in [0.25, 0.3) is 5.91 Å². The minimum absolute atomic E-state index is 0.0475. The molecule has 3 rings (SSSR count). The maximum Gasteiger partial charge on any atom is 0.355 e. The quantitative estimate of drug-likeness (QED) is 0.548. The molecule has 1 aromatic heterocycles. The van der Waals surface area contributed by atoms with E-state index in [0.717, 1.165) is 17.3 Å². The van der Waals surface area contributed by atoms with Crippen LogP contribution in [0.4, 0.5) is 17.3 Å². The zero-order valence-corrected chi connectivity index (χ0v) is 16.3. The highest BCUT2D eigenvalue weighted by Crippen LogP contribution is 2.33. The number of rotatable bonds is 5. The number of carbonyl (C=O) groups is 1. The second kappa shape index (κ2) is 8.30. The fraction of sp³-hybridized carbons (Fsp3) is 0.353. The van der Waals surface area contributed by atoms with Crippen molar-refractivity contribution in [2.75, 3.05) is 23.4 Å². The van der Waals surface area contributed by atoms with Gasteiger partial charge in [0.15, 0.2) is 0 Å². The van der Waals surface area contributed by atoms with Crippen LogP contribution >= 0.6 is 15.9 Å². The van der Waals surface area contributed by atoms with Crippen LogP contribution in [0.15, 0.2) is 35.1 Å². The van der Waals surface area contributed by atoms with Gasteiger partial charge < -0.3 is 4.90 Å². The minimum atomic E-state index is -0.525. The molecule has 2 aromatic rings. The first kappa shape index (κ1) is 19.0. The van der Waals surface area contributed by atoms with Crippen LogP contribution in [0, 0.1) is 16.0 Å². The topological polar surface area (TPSA) is 113 Å². The summed E-state index contributed by atoms with van der Waals surface area (Å²) < 4.78 is 0.846. The zero-order chi connectivity index (χ0) is 19.4. The Morgan fingerprint density at radius 2 is 2.07 bits per heavy atom. The van der Waals surface area contributed by atoms with Gasteiger partial charge in [0, 0.05) is 23.1 Å². The predicted octanol–water partition coefficient (Wildman–Crippen LogP) is 3.14. The van der Waals surface area contributed by atoms with Crippen molar-refractivity contribution >= 4 is 39.2 Å². The summed E-state index contributed by atoms with van der Waals surface area (Å²) in [5.74, 6) is 0.223. The molecule has 0 spiro atoms. The molecule has 1 aliphatic heterocycles.